The fourth-order valence-electron chi connectivity index (χ4n) is 0.889. The molecule has 90 valence electrons. The average Bonchev–Trinajstić information content (AvgIpc) is 1.53. The number of aliphatic hydroxyl groups excluding tert-OH is 1. The van der Waals surface area contributed by atoms with Gasteiger partial charge in [0.15, 0.2) is 0 Å². The quantitative estimate of drug-likeness (QED) is 0.471. The third kappa shape index (κ3) is 17.4. The van der Waals surface area contributed by atoms with Crippen LogP contribution in [-0.4, -0.2) is 65.8 Å². The van der Waals surface area contributed by atoms with Crippen molar-refractivity contribution in [2.45, 2.75) is 12.5 Å². The summed E-state index contributed by atoms with van der Waals surface area (Å²) in [6.45, 7) is 0.425. The molecular weight excluding hydrogens is 194 g/mol. The predicted octanol–water partition coefficient (Wildman–Crippen LogP) is -4.28. The van der Waals surface area contributed by atoms with Gasteiger partial charge in [-0.2, -0.15) is 0 Å². The largest absolute Gasteiger partial charge is 0.550 e. The minimum Gasteiger partial charge on any atom is -0.550 e. The number of quaternary nitrogens is 1. The molecule has 0 fully saturated rings. The lowest BCUT2D eigenvalue weighted by atomic mass is 10.2. The molecule has 0 saturated carbocycles. The molecule has 0 heterocycles. The summed E-state index contributed by atoms with van der Waals surface area (Å²) in [5, 5.41) is 19.1. The van der Waals surface area contributed by atoms with Crippen LogP contribution in [0.2, 0.25) is 0 Å². The maximum absolute atomic E-state index is 10.0. The maximum atomic E-state index is 10.0. The Labute approximate surface area is 83.1 Å². The Morgan fingerprint density at radius 1 is 1.29 bits per heavy atom. The lowest BCUT2D eigenvalue weighted by molar-refractivity contribution is -0.873. The van der Waals surface area contributed by atoms with Crippen molar-refractivity contribution < 1.29 is 35.9 Å². The molecule has 0 saturated heterocycles. The number of rotatable bonds is 4. The molecule has 0 aromatic rings. The van der Waals surface area contributed by atoms with Crippen molar-refractivity contribution in [2.75, 3.05) is 27.7 Å². The molecule has 0 bridgehead atoms. The second-order valence-corrected chi connectivity index (χ2v) is 3.70. The Morgan fingerprint density at radius 3 is 1.86 bits per heavy atom. The maximum Gasteiger partial charge on any atom is 0.108 e. The molecule has 0 aromatic carbocycles. The van der Waals surface area contributed by atoms with E-state index in [0.717, 1.165) is 0 Å². The SMILES string of the molecule is C[N+](C)(C)CC(O)CC(=O)[O-].O.O.O. The highest BCUT2D eigenvalue weighted by atomic mass is 16.4. The Hall–Kier alpha value is -0.730. The monoisotopic (exact) mass is 215 g/mol. The van der Waals surface area contributed by atoms with E-state index in [4.69, 9.17) is 5.11 Å². The molecule has 1 atom stereocenters. The zero-order chi connectivity index (χ0) is 9.07. The highest BCUT2D eigenvalue weighted by Crippen LogP contribution is 1.97. The molecular formula is C7H21NO6. The summed E-state index contributed by atoms with van der Waals surface area (Å²) in [4.78, 5) is 10.0. The van der Waals surface area contributed by atoms with E-state index in [2.05, 4.69) is 0 Å². The summed E-state index contributed by atoms with van der Waals surface area (Å²) < 4.78 is 0.550. The highest BCUT2D eigenvalue weighted by molar-refractivity contribution is 5.64. The van der Waals surface area contributed by atoms with Crippen molar-refractivity contribution in [3.8, 4) is 0 Å². The fraction of sp³-hybridized carbons (Fsp3) is 0.857. The first-order valence-corrected chi connectivity index (χ1v) is 3.49. The van der Waals surface area contributed by atoms with E-state index in [9.17, 15) is 9.90 Å². The van der Waals surface area contributed by atoms with Crippen LogP contribution in [-0.2, 0) is 4.79 Å². The molecule has 7 nitrogen and oxygen atoms in total. The number of aliphatic carboxylic acids is 1. The summed E-state index contributed by atoms with van der Waals surface area (Å²) in [6.07, 6.45) is -1.09. The second-order valence-electron chi connectivity index (χ2n) is 3.70. The van der Waals surface area contributed by atoms with Crippen molar-refractivity contribution in [2.24, 2.45) is 0 Å². The number of hydrogen-bond acceptors (Lipinski definition) is 3. The number of carboxylic acid groups (broad SMARTS) is 1. The number of carboxylic acids is 1. The van der Waals surface area contributed by atoms with Crippen molar-refractivity contribution in [1.82, 2.24) is 0 Å². The van der Waals surface area contributed by atoms with Crippen molar-refractivity contribution >= 4 is 5.97 Å². The van der Waals surface area contributed by atoms with Crippen LogP contribution in [0.5, 0.6) is 0 Å². The van der Waals surface area contributed by atoms with Crippen LogP contribution in [0, 0.1) is 0 Å². The number of carbonyl (C=O) groups is 1. The molecule has 0 aromatic heterocycles. The average molecular weight is 215 g/mol. The standard InChI is InChI=1S/C7H15NO3.3H2O/c1-8(2,3)5-6(9)4-7(10)11;;;/h6,9H,4-5H2,1-3H3;3*1H2. The van der Waals surface area contributed by atoms with Crippen LogP contribution >= 0.6 is 0 Å². The third-order valence-corrected chi connectivity index (χ3v) is 1.16. The summed E-state index contributed by atoms with van der Waals surface area (Å²) in [6, 6.07) is 0. The predicted molar refractivity (Wildman–Crippen MR) is 49.4 cm³/mol. The van der Waals surface area contributed by atoms with Gasteiger partial charge in [0.25, 0.3) is 0 Å². The van der Waals surface area contributed by atoms with Gasteiger partial charge in [-0.15, -0.1) is 0 Å². The first-order chi connectivity index (χ1) is 4.81. The van der Waals surface area contributed by atoms with Crippen LogP contribution in [0.3, 0.4) is 0 Å². The van der Waals surface area contributed by atoms with E-state index in [1.54, 1.807) is 0 Å². The van der Waals surface area contributed by atoms with Crippen LogP contribution in [0.15, 0.2) is 0 Å². The van der Waals surface area contributed by atoms with E-state index in [1.807, 2.05) is 21.1 Å². The van der Waals surface area contributed by atoms with Gasteiger partial charge in [-0.1, -0.05) is 0 Å². The van der Waals surface area contributed by atoms with E-state index >= 15 is 0 Å². The minimum atomic E-state index is -1.20. The third-order valence-electron chi connectivity index (χ3n) is 1.16. The van der Waals surface area contributed by atoms with Crippen LogP contribution in [0.4, 0.5) is 0 Å². The van der Waals surface area contributed by atoms with Crippen molar-refractivity contribution in [3.63, 3.8) is 0 Å². The van der Waals surface area contributed by atoms with Crippen LogP contribution in [0.1, 0.15) is 6.42 Å². The van der Waals surface area contributed by atoms with Gasteiger partial charge in [0.05, 0.1) is 21.1 Å². The summed E-state index contributed by atoms with van der Waals surface area (Å²) in [7, 11) is 5.66. The number of likely N-dealkylation sites (N-methyl/N-ethyl adjacent to an activating group) is 1. The molecule has 7 heteroatoms. The van der Waals surface area contributed by atoms with Gasteiger partial charge in [0.1, 0.15) is 12.6 Å². The second kappa shape index (κ2) is 8.85. The lowest BCUT2D eigenvalue weighted by Crippen LogP contribution is -2.43. The summed E-state index contributed by atoms with van der Waals surface area (Å²) in [5.41, 5.74) is 0. The van der Waals surface area contributed by atoms with Crippen LogP contribution in [0.25, 0.3) is 0 Å². The molecule has 0 aliphatic carbocycles. The lowest BCUT2D eigenvalue weighted by Gasteiger charge is -2.26. The molecule has 0 rings (SSSR count). The van der Waals surface area contributed by atoms with Gasteiger partial charge in [0, 0.05) is 12.4 Å². The van der Waals surface area contributed by atoms with E-state index in [-0.39, 0.29) is 22.8 Å². The number of aliphatic hydroxyl groups is 1. The Kier molecular flexibility index (Phi) is 14.7. The highest BCUT2D eigenvalue weighted by Gasteiger charge is 2.14. The Morgan fingerprint density at radius 2 is 1.64 bits per heavy atom. The van der Waals surface area contributed by atoms with E-state index in [0.29, 0.717) is 11.0 Å². The molecule has 0 amide bonds. The van der Waals surface area contributed by atoms with Gasteiger partial charge in [-0.3, -0.25) is 0 Å². The molecule has 0 spiro atoms. The number of carbonyl (C=O) groups excluding carboxylic acids is 1. The van der Waals surface area contributed by atoms with Gasteiger partial charge in [-0.25, -0.2) is 0 Å². The zero-order valence-corrected chi connectivity index (χ0v) is 8.70. The molecule has 0 aliphatic heterocycles. The molecule has 0 aliphatic rings. The van der Waals surface area contributed by atoms with Crippen molar-refractivity contribution in [3.05, 3.63) is 0 Å². The molecule has 7 N–H and O–H groups in total. The number of hydrogen-bond donors (Lipinski definition) is 1. The smallest absolute Gasteiger partial charge is 0.108 e. The van der Waals surface area contributed by atoms with Gasteiger partial charge >= 0.3 is 0 Å². The fourth-order valence-corrected chi connectivity index (χ4v) is 0.889. The number of nitrogens with zero attached hydrogens (tertiary/aromatic N) is 1. The van der Waals surface area contributed by atoms with Gasteiger partial charge < -0.3 is 35.9 Å². The summed E-state index contributed by atoms with van der Waals surface area (Å²) >= 11 is 0. The topological polar surface area (TPSA) is 155 Å². The van der Waals surface area contributed by atoms with E-state index in [1.165, 1.54) is 0 Å². The zero-order valence-electron chi connectivity index (χ0n) is 8.70. The Bertz CT molecular complexity index is 144. The minimum absolute atomic E-state index is 0. The normalized spacial score (nSPS) is 11.4. The summed E-state index contributed by atoms with van der Waals surface area (Å²) in [5.74, 6) is -1.20. The first-order valence-electron chi connectivity index (χ1n) is 3.49. The van der Waals surface area contributed by atoms with E-state index < -0.39 is 12.1 Å². The molecule has 14 heavy (non-hydrogen) atoms. The van der Waals surface area contributed by atoms with Crippen molar-refractivity contribution in [1.29, 1.82) is 0 Å². The van der Waals surface area contributed by atoms with Gasteiger partial charge in [-0.05, 0) is 0 Å². The Balaban J connectivity index is -0.000000167. The van der Waals surface area contributed by atoms with Crippen LogP contribution < -0.4 is 5.11 Å². The van der Waals surface area contributed by atoms with Gasteiger partial charge in [0.2, 0.25) is 0 Å². The molecule has 0 radical (unpaired) electrons. The molecule has 1 unspecified atom stereocenters. The first kappa shape index (κ1) is 23.2.